The first-order valence-corrected chi connectivity index (χ1v) is 8.25. The van der Waals surface area contributed by atoms with Crippen LogP contribution < -0.4 is 10.2 Å². The van der Waals surface area contributed by atoms with Gasteiger partial charge in [0.25, 0.3) is 5.91 Å². The van der Waals surface area contributed by atoms with Gasteiger partial charge in [-0.2, -0.15) is 0 Å². The Balaban J connectivity index is 1.69. The van der Waals surface area contributed by atoms with E-state index in [-0.39, 0.29) is 11.6 Å². The topological polar surface area (TPSA) is 58.1 Å². The van der Waals surface area contributed by atoms with Crippen LogP contribution in [0.4, 0.5) is 11.5 Å². The molecule has 6 heteroatoms. The van der Waals surface area contributed by atoms with Gasteiger partial charge in [-0.05, 0) is 25.0 Å². The molecule has 3 rings (SSSR count). The highest BCUT2D eigenvalue weighted by Gasteiger charge is 2.14. The van der Waals surface area contributed by atoms with Crippen molar-refractivity contribution in [1.82, 2.24) is 9.97 Å². The number of aromatic nitrogens is 2. The van der Waals surface area contributed by atoms with Gasteiger partial charge in [0.1, 0.15) is 11.5 Å². The third-order valence-corrected chi connectivity index (χ3v) is 4.25. The van der Waals surface area contributed by atoms with Crippen LogP contribution in [0.5, 0.6) is 0 Å². The Morgan fingerprint density at radius 2 is 1.78 bits per heavy atom. The van der Waals surface area contributed by atoms with Crippen LogP contribution in [-0.4, -0.2) is 29.0 Å². The van der Waals surface area contributed by atoms with E-state index >= 15 is 0 Å². The molecule has 0 bridgehead atoms. The minimum Gasteiger partial charge on any atom is -0.355 e. The average Bonchev–Trinajstić information content (AvgIpc) is 2.86. The molecule has 23 heavy (non-hydrogen) atoms. The summed E-state index contributed by atoms with van der Waals surface area (Å²) >= 11 is 6.04. The monoisotopic (exact) mass is 330 g/mol. The largest absolute Gasteiger partial charge is 0.355 e. The summed E-state index contributed by atoms with van der Waals surface area (Å²) in [5.74, 6) is 0.522. The highest BCUT2D eigenvalue weighted by atomic mass is 35.5. The number of carbonyl (C=O) groups is 1. The van der Waals surface area contributed by atoms with Gasteiger partial charge in [0.05, 0.1) is 23.1 Å². The Morgan fingerprint density at radius 3 is 2.43 bits per heavy atom. The van der Waals surface area contributed by atoms with E-state index in [2.05, 4.69) is 20.2 Å². The fourth-order valence-corrected chi connectivity index (χ4v) is 2.83. The third kappa shape index (κ3) is 3.99. The van der Waals surface area contributed by atoms with E-state index in [0.29, 0.717) is 10.7 Å². The van der Waals surface area contributed by atoms with Crippen molar-refractivity contribution in [3.63, 3.8) is 0 Å². The number of para-hydroxylation sites is 1. The van der Waals surface area contributed by atoms with Crippen molar-refractivity contribution < 1.29 is 4.79 Å². The smallest absolute Gasteiger partial charge is 0.275 e. The molecule has 0 spiro atoms. The maximum absolute atomic E-state index is 12.2. The van der Waals surface area contributed by atoms with Gasteiger partial charge in [-0.1, -0.05) is 36.6 Å². The standard InChI is InChI=1S/C17H19ClN4O/c18-13-7-3-4-8-14(13)21-17(23)15-11-20-16(12-19-15)22-9-5-1-2-6-10-22/h3-4,7-8,11-12H,1-2,5-6,9-10H2,(H,21,23). The number of anilines is 2. The average molecular weight is 331 g/mol. The zero-order chi connectivity index (χ0) is 16.1. The van der Waals surface area contributed by atoms with Crippen LogP contribution in [0.15, 0.2) is 36.7 Å². The van der Waals surface area contributed by atoms with Crippen LogP contribution in [0, 0.1) is 0 Å². The fraction of sp³-hybridized carbons (Fsp3) is 0.353. The molecule has 1 N–H and O–H groups in total. The highest BCUT2D eigenvalue weighted by molar-refractivity contribution is 6.33. The van der Waals surface area contributed by atoms with Crippen molar-refractivity contribution in [1.29, 1.82) is 0 Å². The third-order valence-electron chi connectivity index (χ3n) is 3.92. The second kappa shape index (κ2) is 7.42. The fourth-order valence-electron chi connectivity index (χ4n) is 2.65. The number of halogens is 1. The lowest BCUT2D eigenvalue weighted by Gasteiger charge is -2.20. The van der Waals surface area contributed by atoms with Gasteiger partial charge in [-0.3, -0.25) is 4.79 Å². The molecule has 1 aliphatic rings. The number of amides is 1. The van der Waals surface area contributed by atoms with Gasteiger partial charge in [-0.15, -0.1) is 0 Å². The Labute approximate surface area is 140 Å². The molecule has 2 heterocycles. The maximum atomic E-state index is 12.2. The summed E-state index contributed by atoms with van der Waals surface area (Å²) in [6.07, 6.45) is 8.08. The number of hydrogen-bond donors (Lipinski definition) is 1. The summed E-state index contributed by atoms with van der Waals surface area (Å²) < 4.78 is 0. The Bertz CT molecular complexity index is 667. The summed E-state index contributed by atoms with van der Waals surface area (Å²) in [5, 5.41) is 3.24. The Hall–Kier alpha value is -2.14. The van der Waals surface area contributed by atoms with Crippen molar-refractivity contribution in [3.8, 4) is 0 Å². The predicted octanol–water partition coefficient (Wildman–Crippen LogP) is 3.76. The minimum absolute atomic E-state index is 0.281. The molecule has 0 atom stereocenters. The molecule has 2 aromatic rings. The minimum atomic E-state index is -0.312. The summed E-state index contributed by atoms with van der Waals surface area (Å²) in [5.41, 5.74) is 0.848. The molecule has 1 saturated heterocycles. The highest BCUT2D eigenvalue weighted by Crippen LogP contribution is 2.21. The lowest BCUT2D eigenvalue weighted by atomic mass is 10.2. The number of benzene rings is 1. The predicted molar refractivity (Wildman–Crippen MR) is 92.1 cm³/mol. The van der Waals surface area contributed by atoms with Gasteiger partial charge in [0.15, 0.2) is 0 Å². The molecule has 0 saturated carbocycles. The van der Waals surface area contributed by atoms with Crippen LogP contribution in [0.25, 0.3) is 0 Å². The van der Waals surface area contributed by atoms with Gasteiger partial charge < -0.3 is 10.2 Å². The molecule has 1 aromatic carbocycles. The summed E-state index contributed by atoms with van der Waals surface area (Å²) in [6.45, 7) is 2.00. The molecule has 0 radical (unpaired) electrons. The molecule has 1 fully saturated rings. The van der Waals surface area contributed by atoms with Crippen molar-refractivity contribution in [2.24, 2.45) is 0 Å². The first kappa shape index (κ1) is 15.7. The molecule has 0 unspecified atom stereocenters. The Morgan fingerprint density at radius 1 is 1.04 bits per heavy atom. The lowest BCUT2D eigenvalue weighted by molar-refractivity contribution is 0.102. The van der Waals surface area contributed by atoms with E-state index in [4.69, 9.17) is 11.6 Å². The molecule has 0 aliphatic carbocycles. The quantitative estimate of drug-likeness (QED) is 0.930. The maximum Gasteiger partial charge on any atom is 0.275 e. The van der Waals surface area contributed by atoms with Crippen LogP contribution in [0.3, 0.4) is 0 Å². The second-order valence-electron chi connectivity index (χ2n) is 5.60. The van der Waals surface area contributed by atoms with Gasteiger partial charge >= 0.3 is 0 Å². The van der Waals surface area contributed by atoms with E-state index in [1.54, 1.807) is 18.3 Å². The number of nitrogens with zero attached hydrogens (tertiary/aromatic N) is 3. The van der Waals surface area contributed by atoms with E-state index in [9.17, 15) is 4.79 Å². The summed E-state index contributed by atoms with van der Waals surface area (Å²) in [6, 6.07) is 7.11. The number of nitrogens with one attached hydrogen (secondary N) is 1. The molecular formula is C17H19ClN4O. The molecular weight excluding hydrogens is 312 g/mol. The van der Waals surface area contributed by atoms with Gasteiger partial charge in [-0.25, -0.2) is 9.97 Å². The van der Waals surface area contributed by atoms with E-state index in [1.165, 1.54) is 31.9 Å². The molecule has 5 nitrogen and oxygen atoms in total. The second-order valence-corrected chi connectivity index (χ2v) is 6.00. The normalized spacial score (nSPS) is 15.1. The molecule has 1 amide bonds. The summed E-state index contributed by atoms with van der Waals surface area (Å²) in [4.78, 5) is 23.1. The first-order valence-electron chi connectivity index (χ1n) is 7.87. The van der Waals surface area contributed by atoms with Crippen LogP contribution in [-0.2, 0) is 0 Å². The van der Waals surface area contributed by atoms with Gasteiger partial charge in [0.2, 0.25) is 0 Å². The molecule has 120 valence electrons. The molecule has 1 aliphatic heterocycles. The number of rotatable bonds is 3. The van der Waals surface area contributed by atoms with Crippen molar-refractivity contribution in [2.45, 2.75) is 25.7 Å². The number of hydrogen-bond acceptors (Lipinski definition) is 4. The SMILES string of the molecule is O=C(Nc1ccccc1Cl)c1cnc(N2CCCCCC2)cn1. The van der Waals surface area contributed by atoms with E-state index < -0.39 is 0 Å². The zero-order valence-corrected chi connectivity index (χ0v) is 13.6. The van der Waals surface area contributed by atoms with Crippen molar-refractivity contribution in [3.05, 3.63) is 47.4 Å². The van der Waals surface area contributed by atoms with Gasteiger partial charge in [0, 0.05) is 13.1 Å². The van der Waals surface area contributed by atoms with Crippen molar-refractivity contribution in [2.75, 3.05) is 23.3 Å². The first-order chi connectivity index (χ1) is 11.2. The van der Waals surface area contributed by atoms with E-state index in [1.807, 2.05) is 12.1 Å². The van der Waals surface area contributed by atoms with Crippen molar-refractivity contribution >= 4 is 29.0 Å². The number of carbonyl (C=O) groups excluding carboxylic acids is 1. The van der Waals surface area contributed by atoms with Crippen LogP contribution in [0.2, 0.25) is 5.02 Å². The zero-order valence-electron chi connectivity index (χ0n) is 12.8. The summed E-state index contributed by atoms with van der Waals surface area (Å²) in [7, 11) is 0. The van der Waals surface area contributed by atoms with Crippen LogP contribution in [0.1, 0.15) is 36.2 Å². The van der Waals surface area contributed by atoms with Crippen LogP contribution >= 0.6 is 11.6 Å². The lowest BCUT2D eigenvalue weighted by Crippen LogP contribution is -2.25. The van der Waals surface area contributed by atoms with E-state index in [0.717, 1.165) is 18.9 Å². The molecule has 1 aromatic heterocycles. The Kier molecular flexibility index (Phi) is 5.08.